The molecule has 3 nitrogen and oxygen atoms in total. The Bertz CT molecular complexity index is 336. The van der Waals surface area contributed by atoms with Crippen molar-refractivity contribution in [1.82, 2.24) is 4.90 Å². The number of hydrogen-bond acceptors (Lipinski definition) is 3. The van der Waals surface area contributed by atoms with E-state index in [0.29, 0.717) is 5.82 Å². The SMILES string of the molecule is [2H]C1=C([2H])N(C(C)(C)C)C(=C)N=C1N. The molecule has 2 N–H and O–H groups in total. The van der Waals surface area contributed by atoms with Gasteiger partial charge in [-0.3, -0.25) is 0 Å². The van der Waals surface area contributed by atoms with Gasteiger partial charge in [0.2, 0.25) is 0 Å². The van der Waals surface area contributed by atoms with Gasteiger partial charge in [-0.15, -0.1) is 0 Å². The summed E-state index contributed by atoms with van der Waals surface area (Å²) in [5, 5.41) is 0. The Balaban J connectivity index is 3.20. The molecule has 0 fully saturated rings. The normalized spacial score (nSPS) is 22.1. The maximum atomic E-state index is 7.75. The summed E-state index contributed by atoms with van der Waals surface area (Å²) in [5.74, 6) is 0.469. The van der Waals surface area contributed by atoms with Gasteiger partial charge in [0.1, 0.15) is 11.7 Å². The Morgan fingerprint density at radius 3 is 2.75 bits per heavy atom. The summed E-state index contributed by atoms with van der Waals surface area (Å²) in [4.78, 5) is 5.51. The maximum absolute atomic E-state index is 7.75. The number of aliphatic imine (C=N–C) groups is 1. The van der Waals surface area contributed by atoms with Crippen LogP contribution >= 0.6 is 0 Å². The largest absolute Gasteiger partial charge is 0.384 e. The van der Waals surface area contributed by atoms with E-state index in [-0.39, 0.29) is 23.6 Å². The van der Waals surface area contributed by atoms with E-state index in [1.807, 2.05) is 20.8 Å². The van der Waals surface area contributed by atoms with Crippen LogP contribution in [0.25, 0.3) is 0 Å². The number of nitrogens with zero attached hydrogens (tertiary/aromatic N) is 2. The monoisotopic (exact) mass is 167 g/mol. The summed E-state index contributed by atoms with van der Waals surface area (Å²) in [6, 6.07) is -0.0488. The first-order valence-corrected chi connectivity index (χ1v) is 3.76. The minimum atomic E-state index is -0.315. The third kappa shape index (κ3) is 1.67. The summed E-state index contributed by atoms with van der Waals surface area (Å²) >= 11 is 0. The molecular weight excluding hydrogens is 150 g/mol. The number of nitrogens with two attached hydrogens (primary N) is 1. The molecular formula is C9H15N3. The molecule has 66 valence electrons. The van der Waals surface area contributed by atoms with E-state index >= 15 is 0 Å². The van der Waals surface area contributed by atoms with E-state index in [1.165, 1.54) is 0 Å². The van der Waals surface area contributed by atoms with Crippen LogP contribution in [-0.4, -0.2) is 16.3 Å². The average molecular weight is 167 g/mol. The van der Waals surface area contributed by atoms with Crippen LogP contribution in [0.1, 0.15) is 23.5 Å². The molecule has 1 aliphatic heterocycles. The van der Waals surface area contributed by atoms with Crippen LogP contribution in [0.4, 0.5) is 0 Å². The molecule has 0 amide bonds. The van der Waals surface area contributed by atoms with Crippen LogP contribution in [0.3, 0.4) is 0 Å². The van der Waals surface area contributed by atoms with Crippen LogP contribution in [0.2, 0.25) is 0 Å². The predicted octanol–water partition coefficient (Wildman–Crippen LogP) is 1.44. The molecule has 3 heteroatoms. The van der Waals surface area contributed by atoms with Crippen LogP contribution < -0.4 is 5.73 Å². The Hall–Kier alpha value is -1.25. The predicted molar refractivity (Wildman–Crippen MR) is 51.5 cm³/mol. The van der Waals surface area contributed by atoms with Gasteiger partial charge in [0.15, 0.2) is 0 Å². The first-order valence-electron chi connectivity index (χ1n) is 4.76. The highest BCUT2D eigenvalue weighted by atomic mass is 15.3. The molecule has 0 aromatic heterocycles. The van der Waals surface area contributed by atoms with Gasteiger partial charge in [0, 0.05) is 11.7 Å². The zero-order valence-electron chi connectivity index (χ0n) is 9.68. The molecule has 0 saturated carbocycles. The molecule has 1 heterocycles. The average Bonchev–Trinajstić information content (AvgIpc) is 1.97. The number of rotatable bonds is 0. The summed E-state index contributed by atoms with van der Waals surface area (Å²) in [6.45, 7) is 9.50. The lowest BCUT2D eigenvalue weighted by molar-refractivity contribution is 0.256. The highest BCUT2D eigenvalue weighted by Crippen LogP contribution is 2.21. The van der Waals surface area contributed by atoms with E-state index in [1.54, 1.807) is 4.90 Å². The first kappa shape index (κ1) is 6.29. The van der Waals surface area contributed by atoms with E-state index in [9.17, 15) is 0 Å². The Kier molecular flexibility index (Phi) is 1.39. The van der Waals surface area contributed by atoms with Crippen molar-refractivity contribution in [2.24, 2.45) is 10.7 Å². The third-order valence-corrected chi connectivity index (χ3v) is 1.47. The Labute approximate surface area is 76.1 Å². The molecule has 0 bridgehead atoms. The molecule has 0 aliphatic carbocycles. The topological polar surface area (TPSA) is 41.6 Å². The Morgan fingerprint density at radius 2 is 2.25 bits per heavy atom. The standard InChI is InChI=1S/C9H15N3/c1-7-11-8(10)5-6-12(7)9(2,3)4/h5-6H,1H2,2-4H3,(H2,10,11)/i5D,6D. The molecule has 0 unspecified atom stereocenters. The summed E-state index contributed by atoms with van der Waals surface area (Å²) in [7, 11) is 0. The number of amidine groups is 1. The zero-order chi connectivity index (χ0) is 11.1. The van der Waals surface area contributed by atoms with Crippen LogP contribution in [0, 0.1) is 0 Å². The van der Waals surface area contributed by atoms with Gasteiger partial charge in [-0.05, 0) is 26.8 Å². The van der Waals surface area contributed by atoms with Gasteiger partial charge in [-0.2, -0.15) is 0 Å². The molecule has 0 aromatic carbocycles. The molecule has 12 heavy (non-hydrogen) atoms. The van der Waals surface area contributed by atoms with Crippen molar-refractivity contribution in [2.45, 2.75) is 26.3 Å². The summed E-state index contributed by atoms with van der Waals surface area (Å²) in [5.41, 5.74) is 5.15. The second-order valence-corrected chi connectivity index (χ2v) is 3.66. The maximum Gasteiger partial charge on any atom is 0.128 e. The lowest BCUT2D eigenvalue weighted by atomic mass is 10.1. The number of hydrogen-bond donors (Lipinski definition) is 1. The minimum absolute atomic E-state index is 0.0488. The quantitative estimate of drug-likeness (QED) is 0.593. The fourth-order valence-electron chi connectivity index (χ4n) is 0.950. The highest BCUT2D eigenvalue weighted by molar-refractivity contribution is 5.92. The Morgan fingerprint density at radius 1 is 1.67 bits per heavy atom. The van der Waals surface area contributed by atoms with Crippen molar-refractivity contribution < 1.29 is 2.74 Å². The van der Waals surface area contributed by atoms with E-state index in [0.717, 1.165) is 0 Å². The first-order chi connectivity index (χ1) is 6.25. The lowest BCUT2D eigenvalue weighted by Gasteiger charge is -2.35. The van der Waals surface area contributed by atoms with Crippen LogP contribution in [0.5, 0.6) is 0 Å². The van der Waals surface area contributed by atoms with Gasteiger partial charge in [-0.1, -0.05) is 6.58 Å². The zero-order valence-corrected chi connectivity index (χ0v) is 7.68. The van der Waals surface area contributed by atoms with Crippen LogP contribution in [0.15, 0.2) is 29.6 Å². The second-order valence-electron chi connectivity index (χ2n) is 3.66. The molecule has 0 spiro atoms. The fourth-order valence-corrected chi connectivity index (χ4v) is 0.950. The van der Waals surface area contributed by atoms with Gasteiger partial charge < -0.3 is 10.6 Å². The highest BCUT2D eigenvalue weighted by Gasteiger charge is 2.21. The second kappa shape index (κ2) is 2.66. The smallest absolute Gasteiger partial charge is 0.128 e. The van der Waals surface area contributed by atoms with E-state index in [4.69, 9.17) is 8.48 Å². The van der Waals surface area contributed by atoms with E-state index in [2.05, 4.69) is 11.6 Å². The van der Waals surface area contributed by atoms with Crippen molar-refractivity contribution in [3.63, 3.8) is 0 Å². The molecule has 0 saturated heterocycles. The summed E-state index contributed by atoms with van der Waals surface area (Å²) < 4.78 is 15.3. The fraction of sp³-hybridized carbons (Fsp3) is 0.444. The minimum Gasteiger partial charge on any atom is -0.384 e. The van der Waals surface area contributed by atoms with Crippen LogP contribution in [-0.2, 0) is 0 Å². The van der Waals surface area contributed by atoms with Crippen molar-refractivity contribution in [3.05, 3.63) is 24.6 Å². The molecule has 1 aliphatic rings. The lowest BCUT2D eigenvalue weighted by Crippen LogP contribution is -2.38. The molecule has 1 rings (SSSR count). The van der Waals surface area contributed by atoms with E-state index < -0.39 is 0 Å². The molecule has 0 atom stereocenters. The van der Waals surface area contributed by atoms with Crippen molar-refractivity contribution in [2.75, 3.05) is 0 Å². The van der Waals surface area contributed by atoms with Crippen molar-refractivity contribution in [3.8, 4) is 0 Å². The van der Waals surface area contributed by atoms with Gasteiger partial charge in [-0.25, -0.2) is 4.99 Å². The van der Waals surface area contributed by atoms with Gasteiger partial charge >= 0.3 is 0 Å². The third-order valence-electron chi connectivity index (χ3n) is 1.47. The van der Waals surface area contributed by atoms with Crippen molar-refractivity contribution >= 4 is 5.84 Å². The van der Waals surface area contributed by atoms with Gasteiger partial charge in [0.25, 0.3) is 0 Å². The molecule has 0 radical (unpaired) electrons. The van der Waals surface area contributed by atoms with Gasteiger partial charge in [0.05, 0.1) is 2.74 Å². The van der Waals surface area contributed by atoms with Crippen molar-refractivity contribution in [1.29, 1.82) is 0 Å². The summed E-state index contributed by atoms with van der Waals surface area (Å²) in [6.07, 6.45) is 0.0509. The molecule has 0 aromatic rings.